The van der Waals surface area contributed by atoms with Crippen LogP contribution in [-0.4, -0.2) is 37.7 Å². The van der Waals surface area contributed by atoms with E-state index in [9.17, 15) is 14.4 Å². The Kier molecular flexibility index (Phi) is 9.82. The number of nitrogens with one attached hydrogen (secondary N) is 2. The average Bonchev–Trinajstić information content (AvgIpc) is 2.99. The maximum atomic E-state index is 12.5. The summed E-state index contributed by atoms with van der Waals surface area (Å²) in [6, 6.07) is 27.5. The second kappa shape index (κ2) is 14.1. The Morgan fingerprint density at radius 3 is 2.17 bits per heavy atom. The van der Waals surface area contributed by atoms with Crippen LogP contribution in [0.15, 0.2) is 102 Å². The highest BCUT2D eigenvalue weighted by molar-refractivity contribution is 6.04. The number of esters is 1. The SMILES string of the molecule is CCOc1cc(/C=N\NC(=O)c2ccc(NC(=O)c3ccc(OC)cc3)cc2)ccc1OC(=O)Cc1ccccc1. The number of ether oxygens (including phenoxy) is 3. The van der Waals surface area contributed by atoms with Crippen LogP contribution in [0, 0.1) is 0 Å². The summed E-state index contributed by atoms with van der Waals surface area (Å²) in [6.45, 7) is 2.20. The predicted octanol–water partition coefficient (Wildman–Crippen LogP) is 5.26. The normalized spacial score (nSPS) is 10.6. The van der Waals surface area contributed by atoms with Crippen LogP contribution >= 0.6 is 0 Å². The Morgan fingerprint density at radius 2 is 1.49 bits per heavy atom. The number of hydrazone groups is 1. The van der Waals surface area contributed by atoms with Crippen molar-refractivity contribution in [2.75, 3.05) is 19.0 Å². The van der Waals surface area contributed by atoms with Crippen molar-refractivity contribution in [3.8, 4) is 17.2 Å². The second-order valence-electron chi connectivity index (χ2n) is 8.73. The average molecular weight is 552 g/mol. The van der Waals surface area contributed by atoms with E-state index >= 15 is 0 Å². The number of anilines is 1. The van der Waals surface area contributed by atoms with E-state index in [4.69, 9.17) is 14.2 Å². The number of methoxy groups -OCH3 is 1. The standard InChI is InChI=1S/C32H29N3O6/c1-3-40-29-19-23(9-18-28(29)41-30(36)20-22-7-5-4-6-8-22)21-33-35-32(38)25-10-14-26(15-11-25)34-31(37)24-12-16-27(39-2)17-13-24/h4-19,21H,3,20H2,1-2H3,(H,34,37)(H,35,38)/b33-21-. The van der Waals surface area contributed by atoms with Gasteiger partial charge in [0.1, 0.15) is 5.75 Å². The van der Waals surface area contributed by atoms with Crippen LogP contribution in [0.1, 0.15) is 38.8 Å². The molecule has 4 aromatic rings. The Bertz CT molecular complexity index is 1520. The van der Waals surface area contributed by atoms with Crippen molar-refractivity contribution in [3.05, 3.63) is 119 Å². The molecule has 0 atom stereocenters. The zero-order chi connectivity index (χ0) is 29.0. The molecule has 0 heterocycles. The lowest BCUT2D eigenvalue weighted by Gasteiger charge is -2.11. The molecule has 4 rings (SSSR count). The summed E-state index contributed by atoms with van der Waals surface area (Å²) in [5.41, 5.74) is 5.34. The van der Waals surface area contributed by atoms with E-state index in [1.807, 2.05) is 37.3 Å². The summed E-state index contributed by atoms with van der Waals surface area (Å²) in [5, 5.41) is 6.81. The third-order valence-corrected chi connectivity index (χ3v) is 5.82. The summed E-state index contributed by atoms with van der Waals surface area (Å²) >= 11 is 0. The van der Waals surface area contributed by atoms with Crippen LogP contribution in [0.5, 0.6) is 17.2 Å². The molecule has 0 spiro atoms. The number of rotatable bonds is 11. The molecule has 4 aromatic carbocycles. The van der Waals surface area contributed by atoms with Crippen molar-refractivity contribution in [2.24, 2.45) is 5.10 Å². The van der Waals surface area contributed by atoms with Crippen molar-refractivity contribution >= 4 is 29.7 Å². The number of nitrogens with zero attached hydrogens (tertiary/aromatic N) is 1. The molecule has 0 aliphatic carbocycles. The minimum atomic E-state index is -0.425. The molecule has 0 aromatic heterocycles. The molecular weight excluding hydrogens is 522 g/mol. The number of hydrogen-bond donors (Lipinski definition) is 2. The highest BCUT2D eigenvalue weighted by Crippen LogP contribution is 2.28. The minimum absolute atomic E-state index is 0.137. The maximum absolute atomic E-state index is 12.5. The summed E-state index contributed by atoms with van der Waals surface area (Å²) in [7, 11) is 1.56. The quantitative estimate of drug-likeness (QED) is 0.114. The molecule has 41 heavy (non-hydrogen) atoms. The van der Waals surface area contributed by atoms with Gasteiger partial charge in [-0.05, 0) is 84.8 Å². The zero-order valence-electron chi connectivity index (χ0n) is 22.6. The van der Waals surface area contributed by atoms with Crippen molar-refractivity contribution in [2.45, 2.75) is 13.3 Å². The van der Waals surface area contributed by atoms with Gasteiger partial charge in [-0.3, -0.25) is 14.4 Å². The summed E-state index contributed by atoms with van der Waals surface area (Å²) < 4.78 is 16.3. The number of carbonyl (C=O) groups excluding carboxylic acids is 3. The van der Waals surface area contributed by atoms with Gasteiger partial charge in [-0.25, -0.2) is 5.43 Å². The van der Waals surface area contributed by atoms with E-state index in [0.29, 0.717) is 46.2 Å². The van der Waals surface area contributed by atoms with E-state index < -0.39 is 11.9 Å². The largest absolute Gasteiger partial charge is 0.497 e. The fourth-order valence-corrected chi connectivity index (χ4v) is 3.76. The topological polar surface area (TPSA) is 115 Å². The van der Waals surface area contributed by atoms with Gasteiger partial charge in [0.25, 0.3) is 11.8 Å². The maximum Gasteiger partial charge on any atom is 0.315 e. The first kappa shape index (κ1) is 28.6. The third-order valence-electron chi connectivity index (χ3n) is 5.82. The number of hydrogen-bond acceptors (Lipinski definition) is 7. The first-order valence-electron chi connectivity index (χ1n) is 12.9. The van der Waals surface area contributed by atoms with E-state index in [1.165, 1.54) is 6.21 Å². The second-order valence-corrected chi connectivity index (χ2v) is 8.73. The lowest BCUT2D eigenvalue weighted by atomic mass is 10.1. The molecule has 0 radical (unpaired) electrons. The van der Waals surface area contributed by atoms with Crippen molar-refractivity contribution in [1.82, 2.24) is 5.43 Å². The first-order chi connectivity index (χ1) is 19.9. The van der Waals surface area contributed by atoms with Crippen LogP contribution in [-0.2, 0) is 11.2 Å². The van der Waals surface area contributed by atoms with E-state index in [1.54, 1.807) is 73.8 Å². The molecule has 9 heteroatoms. The summed E-state index contributed by atoms with van der Waals surface area (Å²) in [6.07, 6.45) is 1.59. The Morgan fingerprint density at radius 1 is 0.805 bits per heavy atom. The lowest BCUT2D eigenvalue weighted by Crippen LogP contribution is -2.18. The molecule has 208 valence electrons. The smallest absolute Gasteiger partial charge is 0.315 e. The Labute approximate surface area is 237 Å². The molecule has 9 nitrogen and oxygen atoms in total. The van der Waals surface area contributed by atoms with Gasteiger partial charge < -0.3 is 19.5 Å². The number of benzene rings is 4. The van der Waals surface area contributed by atoms with Gasteiger partial charge in [0.15, 0.2) is 11.5 Å². The molecule has 0 aliphatic heterocycles. The molecular formula is C32H29N3O6. The minimum Gasteiger partial charge on any atom is -0.497 e. The molecule has 0 bridgehead atoms. The Balaban J connectivity index is 1.32. The van der Waals surface area contributed by atoms with Crippen LogP contribution < -0.4 is 25.0 Å². The van der Waals surface area contributed by atoms with Crippen LogP contribution in [0.4, 0.5) is 5.69 Å². The van der Waals surface area contributed by atoms with Gasteiger partial charge >= 0.3 is 5.97 Å². The van der Waals surface area contributed by atoms with Gasteiger partial charge in [0, 0.05) is 16.8 Å². The monoisotopic (exact) mass is 551 g/mol. The molecule has 0 saturated carbocycles. The number of amides is 2. The fraction of sp³-hybridized carbons (Fsp3) is 0.125. The summed E-state index contributed by atoms with van der Waals surface area (Å²) in [4.78, 5) is 37.4. The van der Waals surface area contributed by atoms with E-state index in [0.717, 1.165) is 5.56 Å². The lowest BCUT2D eigenvalue weighted by molar-refractivity contribution is -0.133. The molecule has 0 fully saturated rings. The van der Waals surface area contributed by atoms with Gasteiger partial charge in [-0.1, -0.05) is 30.3 Å². The highest BCUT2D eigenvalue weighted by atomic mass is 16.6. The number of carbonyl (C=O) groups is 3. The fourth-order valence-electron chi connectivity index (χ4n) is 3.76. The first-order valence-corrected chi connectivity index (χ1v) is 12.9. The van der Waals surface area contributed by atoms with Crippen molar-refractivity contribution < 1.29 is 28.6 Å². The molecule has 0 unspecified atom stereocenters. The zero-order valence-corrected chi connectivity index (χ0v) is 22.6. The highest BCUT2D eigenvalue weighted by Gasteiger charge is 2.12. The van der Waals surface area contributed by atoms with Gasteiger partial charge in [0.2, 0.25) is 0 Å². The van der Waals surface area contributed by atoms with Gasteiger partial charge in [-0.2, -0.15) is 5.10 Å². The molecule has 2 N–H and O–H groups in total. The van der Waals surface area contributed by atoms with E-state index in [-0.39, 0.29) is 12.3 Å². The molecule has 0 saturated heterocycles. The van der Waals surface area contributed by atoms with Gasteiger partial charge in [-0.15, -0.1) is 0 Å². The van der Waals surface area contributed by atoms with Crippen molar-refractivity contribution in [1.29, 1.82) is 0 Å². The van der Waals surface area contributed by atoms with Crippen LogP contribution in [0.2, 0.25) is 0 Å². The van der Waals surface area contributed by atoms with Gasteiger partial charge in [0.05, 0.1) is 26.4 Å². The summed E-state index contributed by atoms with van der Waals surface area (Å²) in [5.74, 6) is 0.233. The van der Waals surface area contributed by atoms with Crippen LogP contribution in [0.25, 0.3) is 0 Å². The molecule has 2 amide bonds. The van der Waals surface area contributed by atoms with E-state index in [2.05, 4.69) is 15.8 Å². The molecule has 0 aliphatic rings. The third kappa shape index (κ3) is 8.27. The van der Waals surface area contributed by atoms with Crippen LogP contribution in [0.3, 0.4) is 0 Å². The Hall–Kier alpha value is -5.44. The van der Waals surface area contributed by atoms with Crippen molar-refractivity contribution in [3.63, 3.8) is 0 Å². The predicted molar refractivity (Wildman–Crippen MR) is 156 cm³/mol.